The van der Waals surface area contributed by atoms with E-state index in [0.717, 1.165) is 37.7 Å². The van der Waals surface area contributed by atoms with Crippen LogP contribution < -0.4 is 16.4 Å². The molecule has 1 saturated carbocycles. The molecule has 1 unspecified atom stereocenters. The number of hydrogen-bond donors (Lipinski definition) is 3. The van der Waals surface area contributed by atoms with Gasteiger partial charge in [0.2, 0.25) is 5.91 Å². The molecule has 1 aromatic rings. The fourth-order valence-corrected chi connectivity index (χ4v) is 3.35. The van der Waals surface area contributed by atoms with Crippen LogP contribution in [0, 0.1) is 11.8 Å². The van der Waals surface area contributed by atoms with Crippen LogP contribution in [0.15, 0.2) is 24.3 Å². The van der Waals surface area contributed by atoms with Gasteiger partial charge < -0.3 is 16.4 Å². The van der Waals surface area contributed by atoms with Crippen LogP contribution >= 0.6 is 0 Å². The van der Waals surface area contributed by atoms with Crippen LogP contribution in [-0.2, 0) is 11.3 Å². The molecule has 0 aromatic heterocycles. The third-order valence-electron chi connectivity index (χ3n) is 4.78. The number of hydrogen-bond acceptors (Lipinski definition) is 3. The van der Waals surface area contributed by atoms with E-state index < -0.39 is 0 Å². The number of nitrogens with one attached hydrogen (secondary N) is 2. The van der Waals surface area contributed by atoms with E-state index in [2.05, 4.69) is 24.5 Å². The molecular formula is C20H31N3O2. The Kier molecular flexibility index (Phi) is 7.44. The van der Waals surface area contributed by atoms with E-state index in [0.29, 0.717) is 24.6 Å². The van der Waals surface area contributed by atoms with Gasteiger partial charge in [-0.05, 0) is 42.9 Å². The monoisotopic (exact) mass is 345 g/mol. The minimum atomic E-state index is -0.0994. The van der Waals surface area contributed by atoms with Gasteiger partial charge in [-0.1, -0.05) is 38.8 Å². The third-order valence-corrected chi connectivity index (χ3v) is 4.78. The number of amides is 2. The lowest BCUT2D eigenvalue weighted by molar-refractivity contribution is -0.124. The largest absolute Gasteiger partial charge is 0.352 e. The Morgan fingerprint density at radius 2 is 1.80 bits per heavy atom. The number of benzene rings is 1. The predicted molar refractivity (Wildman–Crippen MR) is 100 cm³/mol. The summed E-state index contributed by atoms with van der Waals surface area (Å²) in [5.41, 5.74) is 7.36. The Morgan fingerprint density at radius 3 is 2.36 bits per heavy atom. The SMILES string of the molecule is CC(C)CC(CN)NC(=O)c1ccc(CNC(=O)C2CCCC2)cc1. The maximum Gasteiger partial charge on any atom is 0.251 e. The molecular weight excluding hydrogens is 314 g/mol. The average molecular weight is 345 g/mol. The molecule has 0 heterocycles. The van der Waals surface area contributed by atoms with Crippen molar-refractivity contribution in [1.29, 1.82) is 0 Å². The molecule has 138 valence electrons. The molecule has 0 radical (unpaired) electrons. The number of rotatable bonds is 8. The van der Waals surface area contributed by atoms with E-state index >= 15 is 0 Å². The van der Waals surface area contributed by atoms with Gasteiger partial charge in [-0.25, -0.2) is 0 Å². The van der Waals surface area contributed by atoms with E-state index in [1.54, 1.807) is 12.1 Å². The molecule has 0 spiro atoms. The van der Waals surface area contributed by atoms with Crippen molar-refractivity contribution in [2.24, 2.45) is 17.6 Å². The molecule has 2 amide bonds. The van der Waals surface area contributed by atoms with E-state index in [-0.39, 0.29) is 23.8 Å². The Balaban J connectivity index is 1.83. The lowest BCUT2D eigenvalue weighted by Gasteiger charge is -2.19. The molecule has 1 aliphatic rings. The number of carbonyl (C=O) groups is 2. The molecule has 5 heteroatoms. The topological polar surface area (TPSA) is 84.2 Å². The molecule has 2 rings (SSSR count). The summed E-state index contributed by atoms with van der Waals surface area (Å²) in [5.74, 6) is 0.718. The highest BCUT2D eigenvalue weighted by Gasteiger charge is 2.22. The lowest BCUT2D eigenvalue weighted by atomic mass is 10.0. The molecule has 1 aromatic carbocycles. The van der Waals surface area contributed by atoms with Crippen LogP contribution in [0.5, 0.6) is 0 Å². The fraction of sp³-hybridized carbons (Fsp3) is 0.600. The van der Waals surface area contributed by atoms with Crippen molar-refractivity contribution in [3.63, 3.8) is 0 Å². The molecule has 0 saturated heterocycles. The van der Waals surface area contributed by atoms with Crippen molar-refractivity contribution in [1.82, 2.24) is 10.6 Å². The summed E-state index contributed by atoms with van der Waals surface area (Å²) in [7, 11) is 0. The number of nitrogens with two attached hydrogens (primary N) is 1. The molecule has 25 heavy (non-hydrogen) atoms. The Bertz CT molecular complexity index is 563. The normalized spacial score (nSPS) is 16.0. The zero-order valence-electron chi connectivity index (χ0n) is 15.4. The highest BCUT2D eigenvalue weighted by molar-refractivity contribution is 5.94. The molecule has 0 aliphatic heterocycles. The molecule has 4 N–H and O–H groups in total. The van der Waals surface area contributed by atoms with Crippen LogP contribution in [0.2, 0.25) is 0 Å². The van der Waals surface area contributed by atoms with Gasteiger partial charge in [-0.15, -0.1) is 0 Å². The Labute approximate surface area is 150 Å². The second kappa shape index (κ2) is 9.56. The van der Waals surface area contributed by atoms with Crippen LogP contribution in [-0.4, -0.2) is 24.4 Å². The van der Waals surface area contributed by atoms with Gasteiger partial charge >= 0.3 is 0 Å². The van der Waals surface area contributed by atoms with E-state index in [1.165, 1.54) is 0 Å². The molecule has 0 bridgehead atoms. The molecule has 1 atom stereocenters. The first-order chi connectivity index (χ1) is 12.0. The van der Waals surface area contributed by atoms with Crippen molar-refractivity contribution < 1.29 is 9.59 Å². The minimum Gasteiger partial charge on any atom is -0.352 e. The highest BCUT2D eigenvalue weighted by Crippen LogP contribution is 2.24. The third kappa shape index (κ3) is 6.16. The van der Waals surface area contributed by atoms with Crippen molar-refractivity contribution in [3.05, 3.63) is 35.4 Å². The van der Waals surface area contributed by atoms with E-state index in [4.69, 9.17) is 5.73 Å². The van der Waals surface area contributed by atoms with Gasteiger partial charge in [0.15, 0.2) is 0 Å². The molecule has 1 aliphatic carbocycles. The minimum absolute atomic E-state index is 0.00197. The second-order valence-electron chi connectivity index (χ2n) is 7.43. The molecule has 1 fully saturated rings. The fourth-order valence-electron chi connectivity index (χ4n) is 3.35. The number of carbonyl (C=O) groups excluding carboxylic acids is 2. The van der Waals surface area contributed by atoms with Crippen molar-refractivity contribution in [2.75, 3.05) is 6.54 Å². The summed E-state index contributed by atoms with van der Waals surface area (Å²) in [6.07, 6.45) is 5.19. The van der Waals surface area contributed by atoms with Crippen LogP contribution in [0.4, 0.5) is 0 Å². The Hall–Kier alpha value is -1.88. The molecule has 5 nitrogen and oxygen atoms in total. The van der Waals surface area contributed by atoms with Gasteiger partial charge in [-0.3, -0.25) is 9.59 Å². The van der Waals surface area contributed by atoms with Gasteiger partial charge in [0.05, 0.1) is 0 Å². The summed E-state index contributed by atoms with van der Waals surface area (Å²) in [4.78, 5) is 24.4. The van der Waals surface area contributed by atoms with Gasteiger partial charge in [0.25, 0.3) is 5.91 Å². The average Bonchev–Trinajstić information content (AvgIpc) is 3.13. The quantitative estimate of drug-likeness (QED) is 0.677. The maximum atomic E-state index is 12.3. The van der Waals surface area contributed by atoms with Gasteiger partial charge in [0.1, 0.15) is 0 Å². The van der Waals surface area contributed by atoms with Crippen LogP contribution in [0.25, 0.3) is 0 Å². The van der Waals surface area contributed by atoms with Crippen LogP contribution in [0.1, 0.15) is 61.9 Å². The summed E-state index contributed by atoms with van der Waals surface area (Å²) in [5, 5.41) is 5.98. The predicted octanol–water partition coefficient (Wildman–Crippen LogP) is 2.60. The smallest absolute Gasteiger partial charge is 0.251 e. The second-order valence-corrected chi connectivity index (χ2v) is 7.43. The lowest BCUT2D eigenvalue weighted by Crippen LogP contribution is -2.41. The summed E-state index contributed by atoms with van der Waals surface area (Å²) >= 11 is 0. The summed E-state index contributed by atoms with van der Waals surface area (Å²) in [6, 6.07) is 7.39. The highest BCUT2D eigenvalue weighted by atomic mass is 16.2. The van der Waals surface area contributed by atoms with E-state index in [1.807, 2.05) is 12.1 Å². The van der Waals surface area contributed by atoms with Crippen LogP contribution in [0.3, 0.4) is 0 Å². The first kappa shape index (κ1) is 19.4. The van der Waals surface area contributed by atoms with Crippen molar-refractivity contribution in [2.45, 2.75) is 58.5 Å². The standard InChI is InChI=1S/C20H31N3O2/c1-14(2)11-18(12-21)23-20(25)17-9-7-15(8-10-17)13-22-19(24)16-5-3-4-6-16/h7-10,14,16,18H,3-6,11-13,21H2,1-2H3,(H,22,24)(H,23,25). The zero-order valence-corrected chi connectivity index (χ0v) is 15.4. The first-order valence-corrected chi connectivity index (χ1v) is 9.37. The summed E-state index contributed by atoms with van der Waals surface area (Å²) in [6.45, 7) is 5.18. The summed E-state index contributed by atoms with van der Waals surface area (Å²) < 4.78 is 0. The zero-order chi connectivity index (χ0) is 18.2. The first-order valence-electron chi connectivity index (χ1n) is 9.37. The van der Waals surface area contributed by atoms with E-state index in [9.17, 15) is 9.59 Å². The van der Waals surface area contributed by atoms with Crippen molar-refractivity contribution >= 4 is 11.8 Å². The maximum absolute atomic E-state index is 12.3. The van der Waals surface area contributed by atoms with Gasteiger partial charge in [0, 0.05) is 30.6 Å². The Morgan fingerprint density at radius 1 is 1.16 bits per heavy atom. The van der Waals surface area contributed by atoms with Crippen molar-refractivity contribution in [3.8, 4) is 0 Å². The van der Waals surface area contributed by atoms with Gasteiger partial charge in [-0.2, -0.15) is 0 Å².